The van der Waals surface area contributed by atoms with Crippen LogP contribution in [0.1, 0.15) is 30.5 Å². The Morgan fingerprint density at radius 2 is 1.83 bits per heavy atom. The van der Waals surface area contributed by atoms with E-state index in [0.717, 1.165) is 41.4 Å². The second kappa shape index (κ2) is 9.73. The van der Waals surface area contributed by atoms with Crippen molar-refractivity contribution in [1.29, 1.82) is 0 Å². The summed E-state index contributed by atoms with van der Waals surface area (Å²) >= 11 is 0. The van der Waals surface area contributed by atoms with Crippen molar-refractivity contribution in [2.75, 3.05) is 49.6 Å². The van der Waals surface area contributed by atoms with Crippen LogP contribution < -0.4 is 10.2 Å². The maximum absolute atomic E-state index is 14.7. The third kappa shape index (κ3) is 4.65. The number of anilines is 2. The Hall–Kier alpha value is -3.33. The number of ether oxygens (including phenoxy) is 1. The first-order valence-electron chi connectivity index (χ1n) is 11.8. The Balaban J connectivity index is 1.34. The Morgan fingerprint density at radius 1 is 1.09 bits per heavy atom. The SMILES string of the molecule is C[C@@H](Nc1ccnc2ccc(N3CCN(C(=O)C4COC4)CC3)cc12)c1cccc(C(F)F)c1F. The van der Waals surface area contributed by atoms with Gasteiger partial charge in [-0.2, -0.15) is 0 Å². The Labute approximate surface area is 201 Å². The number of hydrogen-bond acceptors (Lipinski definition) is 5. The number of pyridine rings is 1. The second-order valence-electron chi connectivity index (χ2n) is 9.02. The number of hydrogen-bond donors (Lipinski definition) is 1. The van der Waals surface area contributed by atoms with E-state index in [0.29, 0.717) is 26.3 Å². The zero-order chi connectivity index (χ0) is 24.5. The van der Waals surface area contributed by atoms with Gasteiger partial charge in [0.1, 0.15) is 5.82 Å². The lowest BCUT2D eigenvalue weighted by molar-refractivity contribution is -0.150. The number of benzene rings is 2. The summed E-state index contributed by atoms with van der Waals surface area (Å²) in [5.74, 6) is -0.722. The molecule has 0 unspecified atom stereocenters. The van der Waals surface area contributed by atoms with Crippen LogP contribution in [0.5, 0.6) is 0 Å². The first-order valence-corrected chi connectivity index (χ1v) is 11.8. The van der Waals surface area contributed by atoms with E-state index in [1.54, 1.807) is 19.2 Å². The summed E-state index contributed by atoms with van der Waals surface area (Å²) in [6.07, 6.45) is -1.21. The molecule has 9 heteroatoms. The molecule has 0 bridgehead atoms. The van der Waals surface area contributed by atoms with E-state index < -0.39 is 23.8 Å². The maximum atomic E-state index is 14.7. The minimum atomic E-state index is -2.87. The van der Waals surface area contributed by atoms with E-state index in [4.69, 9.17) is 4.74 Å². The molecule has 2 saturated heterocycles. The van der Waals surface area contributed by atoms with Crippen LogP contribution in [0.4, 0.5) is 24.5 Å². The topological polar surface area (TPSA) is 57.7 Å². The number of carbonyl (C=O) groups is 1. The molecule has 0 spiro atoms. The zero-order valence-corrected chi connectivity index (χ0v) is 19.4. The third-order valence-electron chi connectivity index (χ3n) is 6.80. The molecule has 5 rings (SSSR count). The molecule has 0 radical (unpaired) electrons. The Morgan fingerprint density at radius 3 is 2.51 bits per heavy atom. The van der Waals surface area contributed by atoms with Crippen molar-refractivity contribution < 1.29 is 22.7 Å². The van der Waals surface area contributed by atoms with Crippen LogP contribution in [0.25, 0.3) is 10.9 Å². The van der Waals surface area contributed by atoms with E-state index in [2.05, 4.69) is 15.2 Å². The molecule has 184 valence electrons. The van der Waals surface area contributed by atoms with Crippen molar-refractivity contribution in [2.45, 2.75) is 19.4 Å². The molecule has 6 nitrogen and oxygen atoms in total. The lowest BCUT2D eigenvalue weighted by Gasteiger charge is -2.39. The highest BCUT2D eigenvalue weighted by atomic mass is 19.3. The van der Waals surface area contributed by atoms with Crippen molar-refractivity contribution in [3.8, 4) is 0 Å². The molecular weight excluding hydrogens is 457 g/mol. The fourth-order valence-corrected chi connectivity index (χ4v) is 4.66. The van der Waals surface area contributed by atoms with Crippen LogP contribution in [0.2, 0.25) is 0 Å². The number of halogens is 3. The first-order chi connectivity index (χ1) is 16.9. The smallest absolute Gasteiger partial charge is 0.266 e. The molecule has 1 amide bonds. The van der Waals surface area contributed by atoms with E-state index in [1.807, 2.05) is 23.1 Å². The largest absolute Gasteiger partial charge is 0.380 e. The molecule has 35 heavy (non-hydrogen) atoms. The van der Waals surface area contributed by atoms with Crippen LogP contribution in [0, 0.1) is 11.7 Å². The number of nitrogens with one attached hydrogen (secondary N) is 1. The summed E-state index contributed by atoms with van der Waals surface area (Å²) in [5, 5.41) is 4.13. The highest BCUT2D eigenvalue weighted by molar-refractivity contribution is 5.93. The van der Waals surface area contributed by atoms with E-state index in [1.165, 1.54) is 12.1 Å². The molecular formula is C26H27F3N4O2. The minimum Gasteiger partial charge on any atom is -0.380 e. The summed E-state index contributed by atoms with van der Waals surface area (Å²) < 4.78 is 46.1. The number of amides is 1. The summed E-state index contributed by atoms with van der Waals surface area (Å²) in [6.45, 7) is 5.52. The van der Waals surface area contributed by atoms with Gasteiger partial charge >= 0.3 is 0 Å². The Bertz CT molecular complexity index is 1230. The van der Waals surface area contributed by atoms with E-state index >= 15 is 0 Å². The van der Waals surface area contributed by atoms with Crippen molar-refractivity contribution in [2.24, 2.45) is 5.92 Å². The average molecular weight is 485 g/mol. The van der Waals surface area contributed by atoms with Gasteiger partial charge < -0.3 is 19.9 Å². The van der Waals surface area contributed by atoms with Gasteiger partial charge in [0, 0.05) is 54.7 Å². The number of piperazine rings is 1. The van der Waals surface area contributed by atoms with Gasteiger partial charge in [-0.05, 0) is 31.2 Å². The van der Waals surface area contributed by atoms with Crippen molar-refractivity contribution in [3.63, 3.8) is 0 Å². The molecule has 2 aromatic carbocycles. The monoisotopic (exact) mass is 484 g/mol. The number of nitrogens with zero attached hydrogens (tertiary/aromatic N) is 3. The van der Waals surface area contributed by atoms with Crippen molar-refractivity contribution in [3.05, 3.63) is 65.6 Å². The quantitative estimate of drug-likeness (QED) is 0.546. The van der Waals surface area contributed by atoms with Gasteiger partial charge in [-0.25, -0.2) is 13.2 Å². The van der Waals surface area contributed by atoms with Crippen molar-refractivity contribution >= 4 is 28.2 Å². The third-order valence-corrected chi connectivity index (χ3v) is 6.80. The molecule has 0 aliphatic carbocycles. The minimum absolute atomic E-state index is 0.00450. The lowest BCUT2D eigenvalue weighted by Crippen LogP contribution is -2.53. The van der Waals surface area contributed by atoms with Gasteiger partial charge in [-0.1, -0.05) is 18.2 Å². The highest BCUT2D eigenvalue weighted by Crippen LogP contribution is 2.32. The van der Waals surface area contributed by atoms with Gasteiger partial charge in [0.2, 0.25) is 5.91 Å². The average Bonchev–Trinajstić information content (AvgIpc) is 2.83. The standard InChI is InChI=1S/C26H27F3N4O2/c1-16(19-3-2-4-20(24(19)27)25(28)29)31-23-7-8-30-22-6-5-18(13-21(22)23)32-9-11-33(12-10-32)26(34)17-14-35-15-17/h2-8,13,16-17,25H,9-12,14-15H2,1H3,(H,30,31)/t16-/m1/s1. The Kier molecular flexibility index (Phi) is 6.51. The number of fused-ring (bicyclic) bond motifs is 1. The molecule has 3 heterocycles. The maximum Gasteiger partial charge on any atom is 0.266 e. The zero-order valence-electron chi connectivity index (χ0n) is 19.4. The number of rotatable bonds is 6. The van der Waals surface area contributed by atoms with Crippen LogP contribution >= 0.6 is 0 Å². The normalized spacial score (nSPS) is 17.5. The first kappa shape index (κ1) is 23.4. The lowest BCUT2D eigenvalue weighted by atomic mass is 10.0. The summed E-state index contributed by atoms with van der Waals surface area (Å²) in [4.78, 5) is 21.1. The molecule has 2 fully saturated rings. The van der Waals surface area contributed by atoms with Gasteiger partial charge in [-0.15, -0.1) is 0 Å². The summed E-state index contributed by atoms with van der Waals surface area (Å²) in [6, 6.07) is 11.3. The number of carbonyl (C=O) groups excluding carboxylic acids is 1. The molecule has 2 aliphatic heterocycles. The fraction of sp³-hybridized carbons (Fsp3) is 0.385. The van der Waals surface area contributed by atoms with Crippen LogP contribution in [-0.4, -0.2) is 55.2 Å². The van der Waals surface area contributed by atoms with Gasteiger partial charge in [0.25, 0.3) is 6.43 Å². The summed E-state index contributed by atoms with van der Waals surface area (Å²) in [5.41, 5.74) is 2.10. The fourth-order valence-electron chi connectivity index (χ4n) is 4.66. The second-order valence-corrected chi connectivity index (χ2v) is 9.02. The van der Waals surface area contributed by atoms with Crippen LogP contribution in [0.3, 0.4) is 0 Å². The molecule has 2 aliphatic rings. The summed E-state index contributed by atoms with van der Waals surface area (Å²) in [7, 11) is 0. The van der Waals surface area contributed by atoms with E-state index in [9.17, 15) is 18.0 Å². The molecule has 3 aromatic rings. The molecule has 1 N–H and O–H groups in total. The number of alkyl halides is 2. The van der Waals surface area contributed by atoms with Crippen LogP contribution in [-0.2, 0) is 9.53 Å². The van der Waals surface area contributed by atoms with Gasteiger partial charge in [-0.3, -0.25) is 9.78 Å². The van der Waals surface area contributed by atoms with Crippen molar-refractivity contribution in [1.82, 2.24) is 9.88 Å². The number of aromatic nitrogens is 1. The molecule has 0 saturated carbocycles. The highest BCUT2D eigenvalue weighted by Gasteiger charge is 2.32. The van der Waals surface area contributed by atoms with Gasteiger partial charge in [0.15, 0.2) is 0 Å². The predicted molar refractivity (Wildman–Crippen MR) is 128 cm³/mol. The molecule has 1 aromatic heterocycles. The molecule has 1 atom stereocenters. The van der Waals surface area contributed by atoms with Gasteiger partial charge in [0.05, 0.1) is 36.3 Å². The van der Waals surface area contributed by atoms with E-state index in [-0.39, 0.29) is 17.4 Å². The predicted octanol–water partition coefficient (Wildman–Crippen LogP) is 4.78. The van der Waals surface area contributed by atoms with Crippen LogP contribution in [0.15, 0.2) is 48.7 Å².